The first-order chi connectivity index (χ1) is 12.6. The number of benzene rings is 1. The van der Waals surface area contributed by atoms with Gasteiger partial charge in [-0.3, -0.25) is 4.90 Å². The predicted octanol–water partition coefficient (Wildman–Crippen LogP) is 3.77. The molecule has 154 valence electrons. The van der Waals surface area contributed by atoms with Crippen LogP contribution in [0.1, 0.15) is 51.7 Å². The molecule has 1 aliphatic heterocycles. The van der Waals surface area contributed by atoms with Crippen LogP contribution in [0.2, 0.25) is 0 Å². The lowest BCUT2D eigenvalue weighted by Crippen LogP contribution is -2.45. The van der Waals surface area contributed by atoms with Gasteiger partial charge >= 0.3 is 0 Å². The molecule has 0 aliphatic carbocycles. The van der Waals surface area contributed by atoms with E-state index in [-0.39, 0.29) is 29.6 Å². The van der Waals surface area contributed by atoms with E-state index in [1.54, 1.807) is 0 Å². The summed E-state index contributed by atoms with van der Waals surface area (Å²) in [4.78, 5) is 7.15. The molecule has 2 rings (SSSR count). The van der Waals surface area contributed by atoms with Crippen LogP contribution in [0.3, 0.4) is 0 Å². The maximum atomic E-state index is 5.85. The molecule has 0 saturated carbocycles. The Morgan fingerprint density at radius 3 is 2.33 bits per heavy atom. The summed E-state index contributed by atoms with van der Waals surface area (Å²) in [6.45, 7) is 15.1. The molecule has 1 atom stereocenters. The highest BCUT2D eigenvalue weighted by Crippen LogP contribution is 2.23. The molecule has 1 heterocycles. The number of rotatable bonds is 9. The van der Waals surface area contributed by atoms with Gasteiger partial charge in [0.15, 0.2) is 5.96 Å². The van der Waals surface area contributed by atoms with Crippen molar-refractivity contribution in [1.82, 2.24) is 15.5 Å². The van der Waals surface area contributed by atoms with Crippen molar-refractivity contribution in [2.24, 2.45) is 4.99 Å². The Kier molecular flexibility index (Phi) is 11.3. The Morgan fingerprint density at radius 1 is 1.11 bits per heavy atom. The van der Waals surface area contributed by atoms with Gasteiger partial charge < -0.3 is 15.4 Å². The van der Waals surface area contributed by atoms with E-state index in [2.05, 4.69) is 67.5 Å². The summed E-state index contributed by atoms with van der Waals surface area (Å²) in [5, 5.41) is 6.76. The average molecular weight is 488 g/mol. The van der Waals surface area contributed by atoms with Gasteiger partial charge in [0.05, 0.1) is 12.1 Å². The lowest BCUT2D eigenvalue weighted by atomic mass is 10.0. The summed E-state index contributed by atoms with van der Waals surface area (Å²) in [7, 11) is 0. The van der Waals surface area contributed by atoms with Crippen molar-refractivity contribution in [2.45, 2.75) is 59.2 Å². The number of nitrogens with one attached hydrogen (secondary N) is 2. The fourth-order valence-electron chi connectivity index (χ4n) is 3.21. The van der Waals surface area contributed by atoms with E-state index in [0.717, 1.165) is 58.1 Å². The molecular formula is C21H37IN4O. The molecule has 5 nitrogen and oxygen atoms in total. The second-order valence-electron chi connectivity index (χ2n) is 7.23. The van der Waals surface area contributed by atoms with Crippen molar-refractivity contribution in [1.29, 1.82) is 0 Å². The lowest BCUT2D eigenvalue weighted by molar-refractivity contribution is 0.0243. The van der Waals surface area contributed by atoms with E-state index in [4.69, 9.17) is 9.73 Å². The lowest BCUT2D eigenvalue weighted by Gasteiger charge is -2.24. The minimum atomic E-state index is -0.0672. The quantitative estimate of drug-likeness (QED) is 0.316. The van der Waals surface area contributed by atoms with E-state index in [1.807, 2.05) is 0 Å². The van der Waals surface area contributed by atoms with E-state index in [1.165, 1.54) is 11.1 Å². The monoisotopic (exact) mass is 488 g/mol. The van der Waals surface area contributed by atoms with Crippen LogP contribution >= 0.6 is 24.0 Å². The summed E-state index contributed by atoms with van der Waals surface area (Å²) < 4.78 is 5.85. The van der Waals surface area contributed by atoms with Gasteiger partial charge in [-0.05, 0) is 50.9 Å². The number of guanidine groups is 1. The van der Waals surface area contributed by atoms with E-state index < -0.39 is 0 Å². The van der Waals surface area contributed by atoms with Gasteiger partial charge in [0.25, 0.3) is 0 Å². The highest BCUT2D eigenvalue weighted by Gasteiger charge is 2.29. The second-order valence-corrected chi connectivity index (χ2v) is 7.23. The van der Waals surface area contributed by atoms with Crippen molar-refractivity contribution in [3.05, 3.63) is 35.4 Å². The summed E-state index contributed by atoms with van der Waals surface area (Å²) in [6.07, 6.45) is 2.25. The van der Waals surface area contributed by atoms with Crippen LogP contribution in [0.15, 0.2) is 29.3 Å². The summed E-state index contributed by atoms with van der Waals surface area (Å²) in [6, 6.07) is 8.81. The largest absolute Gasteiger partial charge is 0.373 e. The third-order valence-electron chi connectivity index (χ3n) is 5.02. The number of halogens is 1. The molecule has 1 aromatic rings. The Hall–Kier alpha value is -0.860. The summed E-state index contributed by atoms with van der Waals surface area (Å²) in [5.41, 5.74) is 2.52. The molecule has 1 unspecified atom stereocenters. The van der Waals surface area contributed by atoms with Gasteiger partial charge in [-0.2, -0.15) is 0 Å². The Bertz CT molecular complexity index is 552. The van der Waals surface area contributed by atoms with Crippen LogP contribution in [-0.4, -0.2) is 49.2 Å². The number of hydrogen-bond donors (Lipinski definition) is 2. The van der Waals surface area contributed by atoms with Gasteiger partial charge in [0.1, 0.15) is 0 Å². The Labute approximate surface area is 182 Å². The fourth-order valence-corrected chi connectivity index (χ4v) is 3.21. The van der Waals surface area contributed by atoms with E-state index >= 15 is 0 Å². The first-order valence-corrected chi connectivity index (χ1v) is 10.0. The van der Waals surface area contributed by atoms with Crippen LogP contribution in [0.25, 0.3) is 0 Å². The van der Waals surface area contributed by atoms with Crippen LogP contribution < -0.4 is 10.6 Å². The van der Waals surface area contributed by atoms with Gasteiger partial charge in [0, 0.05) is 26.2 Å². The molecule has 1 saturated heterocycles. The fraction of sp³-hybridized carbons (Fsp3) is 0.667. The van der Waals surface area contributed by atoms with Crippen LogP contribution in [0.4, 0.5) is 0 Å². The molecule has 0 bridgehead atoms. The van der Waals surface area contributed by atoms with Gasteiger partial charge in [0.2, 0.25) is 0 Å². The average Bonchev–Trinajstić information content (AvgIpc) is 3.10. The SMILES string of the molecule is CCNC(=NCc1ccc(CN(CC)CC)cc1)NCC1(C)CCCO1.I. The minimum Gasteiger partial charge on any atom is -0.373 e. The third kappa shape index (κ3) is 8.35. The standard InChI is InChI=1S/C21H36N4O.HI/c1-5-22-20(24-17-21(4)13-8-14-26-21)23-15-18-9-11-19(12-10-18)16-25(6-2)7-3;/h9-12H,5-8,13-17H2,1-4H3,(H2,22,23,24);1H. The highest BCUT2D eigenvalue weighted by atomic mass is 127. The predicted molar refractivity (Wildman–Crippen MR) is 125 cm³/mol. The maximum absolute atomic E-state index is 5.85. The topological polar surface area (TPSA) is 48.9 Å². The number of ether oxygens (including phenoxy) is 1. The van der Waals surface area contributed by atoms with Crippen molar-refractivity contribution in [3.8, 4) is 0 Å². The van der Waals surface area contributed by atoms with E-state index in [0.29, 0.717) is 6.54 Å². The molecule has 0 radical (unpaired) electrons. The van der Waals surface area contributed by atoms with Crippen LogP contribution in [0, 0.1) is 0 Å². The number of hydrogen-bond acceptors (Lipinski definition) is 3. The first-order valence-electron chi connectivity index (χ1n) is 10.0. The molecule has 1 aliphatic rings. The molecule has 2 N–H and O–H groups in total. The molecule has 0 aromatic heterocycles. The van der Waals surface area contributed by atoms with Crippen molar-refractivity contribution < 1.29 is 4.74 Å². The zero-order valence-electron chi connectivity index (χ0n) is 17.4. The van der Waals surface area contributed by atoms with Crippen molar-refractivity contribution in [2.75, 3.05) is 32.8 Å². The summed E-state index contributed by atoms with van der Waals surface area (Å²) >= 11 is 0. The molecule has 27 heavy (non-hydrogen) atoms. The molecule has 6 heteroatoms. The second kappa shape index (κ2) is 12.6. The molecule has 0 amide bonds. The highest BCUT2D eigenvalue weighted by molar-refractivity contribution is 14.0. The molecule has 1 fully saturated rings. The van der Waals surface area contributed by atoms with Crippen molar-refractivity contribution >= 4 is 29.9 Å². The van der Waals surface area contributed by atoms with Crippen LogP contribution in [-0.2, 0) is 17.8 Å². The van der Waals surface area contributed by atoms with Gasteiger partial charge in [-0.1, -0.05) is 38.1 Å². The van der Waals surface area contributed by atoms with Crippen molar-refractivity contribution in [3.63, 3.8) is 0 Å². The van der Waals surface area contributed by atoms with E-state index in [9.17, 15) is 0 Å². The molecular weight excluding hydrogens is 451 g/mol. The zero-order valence-corrected chi connectivity index (χ0v) is 19.7. The third-order valence-corrected chi connectivity index (χ3v) is 5.02. The normalized spacial score (nSPS) is 19.8. The number of aliphatic imine (C=N–C) groups is 1. The smallest absolute Gasteiger partial charge is 0.191 e. The molecule has 0 spiro atoms. The molecule has 1 aromatic carbocycles. The number of nitrogens with zero attached hydrogens (tertiary/aromatic N) is 2. The first kappa shape index (κ1) is 24.2. The van der Waals surface area contributed by atoms with Gasteiger partial charge in [-0.15, -0.1) is 24.0 Å². The Balaban J connectivity index is 0.00000364. The van der Waals surface area contributed by atoms with Gasteiger partial charge in [-0.25, -0.2) is 4.99 Å². The summed E-state index contributed by atoms with van der Waals surface area (Å²) in [5.74, 6) is 0.858. The minimum absolute atomic E-state index is 0. The zero-order chi connectivity index (χ0) is 18.8. The maximum Gasteiger partial charge on any atom is 0.191 e. The van der Waals surface area contributed by atoms with Crippen LogP contribution in [0.5, 0.6) is 0 Å². The Morgan fingerprint density at radius 2 is 1.78 bits per heavy atom.